The fourth-order valence-corrected chi connectivity index (χ4v) is 3.37. The summed E-state index contributed by atoms with van der Waals surface area (Å²) in [5.41, 5.74) is 1.65. The van der Waals surface area contributed by atoms with Crippen molar-refractivity contribution in [2.24, 2.45) is 7.05 Å². The van der Waals surface area contributed by atoms with Crippen molar-refractivity contribution in [1.82, 2.24) is 44.8 Å². The number of nitrogens with zero attached hydrogens (tertiary/aromatic N) is 9. The van der Waals surface area contributed by atoms with Crippen molar-refractivity contribution < 1.29 is 4.79 Å². The zero-order chi connectivity index (χ0) is 17.6. The summed E-state index contributed by atoms with van der Waals surface area (Å²) in [5.74, 6) is -0.0673. The Hall–Kier alpha value is -2.88. The van der Waals surface area contributed by atoms with E-state index in [1.54, 1.807) is 30.2 Å². The van der Waals surface area contributed by atoms with Crippen LogP contribution < -0.4 is 0 Å². The molecule has 0 saturated carbocycles. The molecule has 3 aromatic heterocycles. The molecular weight excluding hydrogens is 322 g/mol. The third-order valence-corrected chi connectivity index (χ3v) is 4.71. The first-order chi connectivity index (χ1) is 12.1. The maximum atomic E-state index is 13.1. The van der Waals surface area contributed by atoms with Crippen LogP contribution in [0, 0.1) is 0 Å². The Labute approximate surface area is 144 Å². The Morgan fingerprint density at radius 1 is 1.24 bits per heavy atom. The number of hydrogen-bond donors (Lipinski definition) is 0. The highest BCUT2D eigenvalue weighted by molar-refractivity contribution is 6.03. The zero-order valence-electron chi connectivity index (χ0n) is 14.3. The van der Waals surface area contributed by atoms with Crippen LogP contribution in [0.3, 0.4) is 0 Å². The lowest BCUT2D eigenvalue weighted by molar-refractivity contribution is 0.0782. The smallest absolute Gasteiger partial charge is 0.256 e. The van der Waals surface area contributed by atoms with E-state index < -0.39 is 0 Å². The molecule has 2 atom stereocenters. The van der Waals surface area contributed by atoms with Crippen LogP contribution in [-0.2, 0) is 7.05 Å². The average molecular weight is 341 g/mol. The Morgan fingerprint density at radius 2 is 2.08 bits per heavy atom. The van der Waals surface area contributed by atoms with Crippen LogP contribution in [0.1, 0.15) is 16.4 Å². The van der Waals surface area contributed by atoms with Gasteiger partial charge in [0.15, 0.2) is 5.65 Å². The second kappa shape index (κ2) is 5.88. The average Bonchev–Trinajstić information content (AvgIpc) is 3.33. The number of likely N-dealkylation sites (tertiary alicyclic amines) is 1. The summed E-state index contributed by atoms with van der Waals surface area (Å²) in [6, 6.07) is 1.91. The van der Waals surface area contributed by atoms with E-state index in [0.29, 0.717) is 29.8 Å². The van der Waals surface area contributed by atoms with Gasteiger partial charge in [-0.1, -0.05) is 10.4 Å². The molecule has 130 valence electrons. The summed E-state index contributed by atoms with van der Waals surface area (Å²) in [5, 5.41) is 16.1. The monoisotopic (exact) mass is 341 g/mol. The minimum atomic E-state index is -0.0673. The van der Waals surface area contributed by atoms with Gasteiger partial charge in [-0.25, -0.2) is 14.3 Å². The summed E-state index contributed by atoms with van der Waals surface area (Å²) < 4.78 is 3.39. The standard InChI is InChI=1S/C15H19N9O/c1-21(2)11-8-23(9-12(11)24-7-6-17-19-24)15(25)10-4-5-16-14-13(10)18-20-22(14)3/h4-7,11-12H,8-9H2,1-3H3/t11-,12+/m1/s1. The molecule has 1 saturated heterocycles. The molecule has 0 aliphatic carbocycles. The van der Waals surface area contributed by atoms with Gasteiger partial charge >= 0.3 is 0 Å². The van der Waals surface area contributed by atoms with Gasteiger partial charge in [0, 0.05) is 32.5 Å². The van der Waals surface area contributed by atoms with E-state index in [1.165, 1.54) is 0 Å². The van der Waals surface area contributed by atoms with Gasteiger partial charge in [-0.3, -0.25) is 4.79 Å². The number of aryl methyl sites for hydroxylation is 1. The SMILES string of the molecule is CN(C)[C@@H]1CN(C(=O)c2ccnc3c2nnn3C)C[C@@H]1n1ccnn1. The number of hydrogen-bond acceptors (Lipinski definition) is 7. The van der Waals surface area contributed by atoms with E-state index in [9.17, 15) is 4.79 Å². The predicted molar refractivity (Wildman–Crippen MR) is 88.7 cm³/mol. The molecule has 4 heterocycles. The third-order valence-electron chi connectivity index (χ3n) is 4.71. The van der Waals surface area contributed by atoms with Crippen molar-refractivity contribution in [1.29, 1.82) is 0 Å². The Kier molecular flexibility index (Phi) is 3.68. The number of likely N-dealkylation sites (N-methyl/N-ethyl adjacent to an activating group) is 1. The normalized spacial score (nSPS) is 20.7. The van der Waals surface area contributed by atoms with Crippen LogP contribution in [0.5, 0.6) is 0 Å². The highest BCUT2D eigenvalue weighted by atomic mass is 16.2. The molecule has 0 aromatic carbocycles. The van der Waals surface area contributed by atoms with Crippen molar-refractivity contribution in [3.05, 3.63) is 30.2 Å². The first-order valence-corrected chi connectivity index (χ1v) is 8.02. The molecule has 10 heteroatoms. The first kappa shape index (κ1) is 15.6. The van der Waals surface area contributed by atoms with Crippen molar-refractivity contribution in [3.63, 3.8) is 0 Å². The van der Waals surface area contributed by atoms with Crippen LogP contribution in [0.25, 0.3) is 11.2 Å². The lowest BCUT2D eigenvalue weighted by atomic mass is 10.1. The van der Waals surface area contributed by atoms with Gasteiger partial charge in [0.1, 0.15) is 5.52 Å². The highest BCUT2D eigenvalue weighted by Crippen LogP contribution is 2.27. The topological polar surface area (TPSA) is 97.9 Å². The van der Waals surface area contributed by atoms with E-state index in [-0.39, 0.29) is 18.0 Å². The largest absolute Gasteiger partial charge is 0.335 e. The van der Waals surface area contributed by atoms with E-state index in [1.807, 2.05) is 29.9 Å². The Balaban J connectivity index is 1.66. The van der Waals surface area contributed by atoms with Crippen molar-refractivity contribution >= 4 is 17.1 Å². The molecule has 0 N–H and O–H groups in total. The Morgan fingerprint density at radius 3 is 2.80 bits per heavy atom. The maximum absolute atomic E-state index is 13.1. The third kappa shape index (κ3) is 2.54. The van der Waals surface area contributed by atoms with Crippen molar-refractivity contribution in [3.8, 4) is 0 Å². The molecule has 1 fully saturated rings. The minimum Gasteiger partial charge on any atom is -0.335 e. The molecule has 0 unspecified atom stereocenters. The molecule has 0 bridgehead atoms. The molecule has 4 rings (SSSR count). The highest BCUT2D eigenvalue weighted by Gasteiger charge is 2.39. The lowest BCUT2D eigenvalue weighted by Gasteiger charge is -2.24. The van der Waals surface area contributed by atoms with E-state index in [0.717, 1.165) is 0 Å². The molecule has 1 amide bonds. The van der Waals surface area contributed by atoms with E-state index in [4.69, 9.17) is 0 Å². The number of carbonyl (C=O) groups is 1. The molecule has 3 aromatic rings. The second-order valence-corrected chi connectivity index (χ2v) is 6.44. The van der Waals surface area contributed by atoms with Gasteiger partial charge in [0.05, 0.1) is 23.8 Å². The van der Waals surface area contributed by atoms with Gasteiger partial charge in [-0.2, -0.15) is 0 Å². The van der Waals surface area contributed by atoms with Crippen LogP contribution in [0.15, 0.2) is 24.7 Å². The summed E-state index contributed by atoms with van der Waals surface area (Å²) in [6.07, 6.45) is 5.11. The van der Waals surface area contributed by atoms with Crippen molar-refractivity contribution in [2.45, 2.75) is 12.1 Å². The fraction of sp³-hybridized carbons (Fsp3) is 0.467. The molecule has 1 aliphatic rings. The molecule has 25 heavy (non-hydrogen) atoms. The van der Waals surface area contributed by atoms with Gasteiger partial charge in [-0.15, -0.1) is 10.2 Å². The number of rotatable bonds is 3. The van der Waals surface area contributed by atoms with Crippen LogP contribution in [0.2, 0.25) is 0 Å². The fourth-order valence-electron chi connectivity index (χ4n) is 3.37. The molecule has 0 spiro atoms. The lowest BCUT2D eigenvalue weighted by Crippen LogP contribution is -2.37. The van der Waals surface area contributed by atoms with Crippen molar-refractivity contribution in [2.75, 3.05) is 27.2 Å². The second-order valence-electron chi connectivity index (χ2n) is 6.44. The predicted octanol–water partition coefficient (Wildman–Crippen LogP) is -0.418. The maximum Gasteiger partial charge on any atom is 0.256 e. The van der Waals surface area contributed by atoms with Gasteiger partial charge in [-0.05, 0) is 20.2 Å². The number of carbonyl (C=O) groups excluding carboxylic acids is 1. The minimum absolute atomic E-state index is 0.0561. The molecule has 1 aliphatic heterocycles. The summed E-state index contributed by atoms with van der Waals surface area (Å²) in [6.45, 7) is 1.18. The van der Waals surface area contributed by atoms with Gasteiger partial charge < -0.3 is 9.80 Å². The van der Waals surface area contributed by atoms with E-state index in [2.05, 4.69) is 30.5 Å². The van der Waals surface area contributed by atoms with E-state index >= 15 is 0 Å². The summed E-state index contributed by atoms with van der Waals surface area (Å²) >= 11 is 0. The molecule has 10 nitrogen and oxygen atoms in total. The van der Waals surface area contributed by atoms with Crippen LogP contribution in [0.4, 0.5) is 0 Å². The number of amides is 1. The van der Waals surface area contributed by atoms with Crippen LogP contribution in [-0.4, -0.2) is 83.9 Å². The molecule has 0 radical (unpaired) electrons. The number of fused-ring (bicyclic) bond motifs is 1. The molecular formula is C15H19N9O. The number of aromatic nitrogens is 7. The summed E-state index contributed by atoms with van der Waals surface area (Å²) in [7, 11) is 5.78. The Bertz CT molecular complexity index is 901. The first-order valence-electron chi connectivity index (χ1n) is 8.02. The van der Waals surface area contributed by atoms with Crippen LogP contribution >= 0.6 is 0 Å². The van der Waals surface area contributed by atoms with Gasteiger partial charge in [0.2, 0.25) is 0 Å². The quantitative estimate of drug-likeness (QED) is 0.638. The number of pyridine rings is 1. The zero-order valence-corrected chi connectivity index (χ0v) is 14.3. The van der Waals surface area contributed by atoms with Gasteiger partial charge in [0.25, 0.3) is 5.91 Å². The summed E-state index contributed by atoms with van der Waals surface area (Å²) in [4.78, 5) is 21.3.